The average molecular weight is 240 g/mol. The van der Waals surface area contributed by atoms with E-state index in [9.17, 15) is 0 Å². The van der Waals surface area contributed by atoms with E-state index in [2.05, 4.69) is 59.2 Å². The Balaban J connectivity index is 2.15. The number of hydrogen-bond acceptors (Lipinski definition) is 2. The molecule has 2 heteroatoms. The van der Waals surface area contributed by atoms with Crippen LogP contribution in [0.5, 0.6) is 0 Å². The van der Waals surface area contributed by atoms with Crippen LogP contribution in [-0.4, -0.2) is 14.1 Å². The van der Waals surface area contributed by atoms with Crippen LogP contribution in [0.3, 0.4) is 0 Å². The highest BCUT2D eigenvalue weighted by Gasteiger charge is 1.98. The van der Waals surface area contributed by atoms with E-state index in [1.807, 2.05) is 14.1 Å². The molecule has 0 aliphatic rings. The summed E-state index contributed by atoms with van der Waals surface area (Å²) in [7, 11) is 3.93. The second kappa shape index (κ2) is 6.34. The molecule has 0 atom stereocenters. The normalized spacial score (nSPS) is 10.6. The quantitative estimate of drug-likeness (QED) is 0.839. The van der Waals surface area contributed by atoms with Gasteiger partial charge in [-0.05, 0) is 36.3 Å². The minimum absolute atomic E-state index is 0.918. The third-order valence-corrected chi connectivity index (χ3v) is 3.00. The van der Waals surface area contributed by atoms with Crippen LogP contribution in [-0.2, 0) is 13.1 Å². The van der Waals surface area contributed by atoms with Gasteiger partial charge in [-0.25, -0.2) is 0 Å². The second-order valence-corrected chi connectivity index (χ2v) is 4.45. The second-order valence-electron chi connectivity index (χ2n) is 4.45. The first-order valence-corrected chi connectivity index (χ1v) is 6.31. The molecule has 0 radical (unpaired) electrons. The first-order valence-electron chi connectivity index (χ1n) is 6.31. The van der Waals surface area contributed by atoms with Crippen LogP contribution in [0.1, 0.15) is 11.1 Å². The molecule has 0 aliphatic heterocycles. The molecule has 2 aromatic rings. The van der Waals surface area contributed by atoms with E-state index in [0.29, 0.717) is 0 Å². The summed E-state index contributed by atoms with van der Waals surface area (Å²) in [4.78, 5) is 0. The molecule has 2 aromatic carbocycles. The van der Waals surface area contributed by atoms with E-state index >= 15 is 0 Å². The molecule has 0 saturated carbocycles. The highest BCUT2D eigenvalue weighted by atomic mass is 14.8. The Hall–Kier alpha value is -1.64. The van der Waals surface area contributed by atoms with Gasteiger partial charge in [0.15, 0.2) is 0 Å². The molecule has 0 heterocycles. The van der Waals surface area contributed by atoms with Gasteiger partial charge < -0.3 is 10.6 Å². The lowest BCUT2D eigenvalue weighted by Gasteiger charge is -2.06. The molecule has 0 saturated heterocycles. The van der Waals surface area contributed by atoms with Crippen molar-refractivity contribution in [1.82, 2.24) is 10.6 Å². The Morgan fingerprint density at radius 3 is 1.22 bits per heavy atom. The van der Waals surface area contributed by atoms with E-state index in [1.165, 1.54) is 22.3 Å². The molecule has 0 bridgehead atoms. The molecular weight excluding hydrogens is 220 g/mol. The van der Waals surface area contributed by atoms with Crippen molar-refractivity contribution in [2.45, 2.75) is 13.1 Å². The van der Waals surface area contributed by atoms with Crippen LogP contribution in [0.15, 0.2) is 48.5 Å². The zero-order chi connectivity index (χ0) is 12.8. The van der Waals surface area contributed by atoms with E-state index in [4.69, 9.17) is 0 Å². The molecule has 0 spiro atoms. The number of benzene rings is 2. The maximum absolute atomic E-state index is 3.16. The van der Waals surface area contributed by atoms with Gasteiger partial charge in [-0.3, -0.25) is 0 Å². The van der Waals surface area contributed by atoms with Crippen molar-refractivity contribution in [2.24, 2.45) is 0 Å². The molecule has 0 amide bonds. The Labute approximate surface area is 109 Å². The summed E-state index contributed by atoms with van der Waals surface area (Å²) in [6, 6.07) is 17.4. The molecule has 0 aromatic heterocycles. The minimum Gasteiger partial charge on any atom is -0.316 e. The summed E-state index contributed by atoms with van der Waals surface area (Å²) in [5.74, 6) is 0. The van der Waals surface area contributed by atoms with Gasteiger partial charge in [-0.15, -0.1) is 0 Å². The number of hydrogen-bond donors (Lipinski definition) is 2. The molecule has 94 valence electrons. The van der Waals surface area contributed by atoms with Crippen molar-refractivity contribution in [3.05, 3.63) is 59.7 Å². The van der Waals surface area contributed by atoms with Crippen molar-refractivity contribution in [1.29, 1.82) is 0 Å². The van der Waals surface area contributed by atoms with Gasteiger partial charge in [-0.2, -0.15) is 0 Å². The first-order chi connectivity index (χ1) is 8.83. The number of rotatable bonds is 5. The Bertz CT molecular complexity index is 424. The summed E-state index contributed by atoms with van der Waals surface area (Å²) >= 11 is 0. The summed E-state index contributed by atoms with van der Waals surface area (Å²) in [6.07, 6.45) is 0. The topological polar surface area (TPSA) is 24.1 Å². The smallest absolute Gasteiger partial charge is 0.0202 e. The lowest BCUT2D eigenvalue weighted by molar-refractivity contribution is 0.817. The van der Waals surface area contributed by atoms with Crippen molar-refractivity contribution >= 4 is 0 Å². The molecule has 0 fully saturated rings. The van der Waals surface area contributed by atoms with Gasteiger partial charge in [0.05, 0.1) is 0 Å². The molecule has 2 rings (SSSR count). The minimum atomic E-state index is 0.918. The van der Waals surface area contributed by atoms with Crippen molar-refractivity contribution < 1.29 is 0 Å². The van der Waals surface area contributed by atoms with Crippen LogP contribution in [0.25, 0.3) is 11.1 Å². The summed E-state index contributed by atoms with van der Waals surface area (Å²) in [6.45, 7) is 1.84. The fraction of sp³-hybridized carbons (Fsp3) is 0.250. The third kappa shape index (κ3) is 3.19. The fourth-order valence-corrected chi connectivity index (χ4v) is 2.04. The van der Waals surface area contributed by atoms with Gasteiger partial charge >= 0.3 is 0 Å². The van der Waals surface area contributed by atoms with E-state index < -0.39 is 0 Å². The highest BCUT2D eigenvalue weighted by Crippen LogP contribution is 2.20. The van der Waals surface area contributed by atoms with Crippen LogP contribution in [0.2, 0.25) is 0 Å². The van der Waals surface area contributed by atoms with Crippen LogP contribution >= 0.6 is 0 Å². The summed E-state index contributed by atoms with van der Waals surface area (Å²) < 4.78 is 0. The monoisotopic (exact) mass is 240 g/mol. The van der Waals surface area contributed by atoms with Crippen LogP contribution in [0.4, 0.5) is 0 Å². The standard InChI is InChI=1S/C16H20N2/c1-17-11-13-3-7-15(8-4-13)16-9-5-14(6-10-16)12-18-2/h3-10,17-18H,11-12H2,1-2H3. The lowest BCUT2D eigenvalue weighted by atomic mass is 10.0. The highest BCUT2D eigenvalue weighted by molar-refractivity contribution is 5.63. The molecular formula is C16H20N2. The molecule has 0 aliphatic carbocycles. The predicted molar refractivity (Wildman–Crippen MR) is 77.4 cm³/mol. The van der Waals surface area contributed by atoms with Gasteiger partial charge in [-0.1, -0.05) is 48.5 Å². The van der Waals surface area contributed by atoms with Gasteiger partial charge in [0, 0.05) is 13.1 Å². The Kier molecular flexibility index (Phi) is 4.51. The summed E-state index contributed by atoms with van der Waals surface area (Å²) in [5, 5.41) is 6.32. The van der Waals surface area contributed by atoms with E-state index in [-0.39, 0.29) is 0 Å². The molecule has 0 unspecified atom stereocenters. The Morgan fingerprint density at radius 2 is 0.944 bits per heavy atom. The van der Waals surface area contributed by atoms with Gasteiger partial charge in [0.1, 0.15) is 0 Å². The average Bonchev–Trinajstić information content (AvgIpc) is 2.41. The SMILES string of the molecule is CNCc1ccc(-c2ccc(CNC)cc2)cc1. The predicted octanol–water partition coefficient (Wildman–Crippen LogP) is 2.79. The Morgan fingerprint density at radius 1 is 0.611 bits per heavy atom. The maximum atomic E-state index is 3.16. The third-order valence-electron chi connectivity index (χ3n) is 3.00. The number of nitrogens with one attached hydrogen (secondary N) is 2. The van der Waals surface area contributed by atoms with Crippen LogP contribution < -0.4 is 10.6 Å². The zero-order valence-electron chi connectivity index (χ0n) is 11.0. The molecule has 18 heavy (non-hydrogen) atoms. The van der Waals surface area contributed by atoms with Gasteiger partial charge in [0.2, 0.25) is 0 Å². The summed E-state index contributed by atoms with van der Waals surface area (Å²) in [5.41, 5.74) is 5.16. The first kappa shape index (κ1) is 12.8. The van der Waals surface area contributed by atoms with Crippen molar-refractivity contribution in [3.63, 3.8) is 0 Å². The fourth-order valence-electron chi connectivity index (χ4n) is 2.04. The van der Waals surface area contributed by atoms with Crippen LogP contribution in [0, 0.1) is 0 Å². The lowest BCUT2D eigenvalue weighted by Crippen LogP contribution is -2.04. The largest absolute Gasteiger partial charge is 0.316 e. The van der Waals surface area contributed by atoms with Gasteiger partial charge in [0.25, 0.3) is 0 Å². The van der Waals surface area contributed by atoms with Crippen molar-refractivity contribution in [2.75, 3.05) is 14.1 Å². The van der Waals surface area contributed by atoms with E-state index in [1.54, 1.807) is 0 Å². The zero-order valence-corrected chi connectivity index (χ0v) is 11.0. The maximum Gasteiger partial charge on any atom is 0.0202 e. The molecule has 2 nitrogen and oxygen atoms in total. The van der Waals surface area contributed by atoms with Crippen molar-refractivity contribution in [3.8, 4) is 11.1 Å². The molecule has 2 N–H and O–H groups in total. The van der Waals surface area contributed by atoms with E-state index in [0.717, 1.165) is 13.1 Å².